The molecule has 1 amide bonds. The number of amides is 1. The number of rotatable bonds is 4. The molecule has 6 heteroatoms. The maximum absolute atomic E-state index is 12.8. The highest BCUT2D eigenvalue weighted by Crippen LogP contribution is 2.30. The summed E-state index contributed by atoms with van der Waals surface area (Å²) in [5, 5.41) is 3.03. The number of fused-ring (bicyclic) bond motifs is 3. The summed E-state index contributed by atoms with van der Waals surface area (Å²) >= 11 is 0. The first-order valence-corrected chi connectivity index (χ1v) is 10.3. The zero-order valence-electron chi connectivity index (χ0n) is 16.9. The van der Waals surface area contributed by atoms with E-state index in [1.165, 1.54) is 0 Å². The minimum Gasteiger partial charge on any atom is -0.495 e. The minimum absolute atomic E-state index is 0.0191. The van der Waals surface area contributed by atoms with Crippen molar-refractivity contribution in [3.05, 3.63) is 66.9 Å². The summed E-state index contributed by atoms with van der Waals surface area (Å²) in [6.45, 7) is 1.60. The lowest BCUT2D eigenvalue weighted by molar-refractivity contribution is -0.120. The number of benzene rings is 2. The fourth-order valence-electron chi connectivity index (χ4n) is 4.28. The summed E-state index contributed by atoms with van der Waals surface area (Å²) in [5.74, 6) is 1.70. The Kier molecular flexibility index (Phi) is 4.75. The van der Waals surface area contributed by atoms with Gasteiger partial charge in [-0.25, -0.2) is 4.98 Å². The number of anilines is 2. The average molecular weight is 400 g/mol. The Labute approximate surface area is 175 Å². The van der Waals surface area contributed by atoms with Crippen LogP contribution in [0.5, 0.6) is 5.75 Å². The van der Waals surface area contributed by atoms with E-state index in [-0.39, 0.29) is 11.8 Å². The number of ether oxygens (including phenoxy) is 1. The molecule has 0 radical (unpaired) electrons. The number of hydrogen-bond acceptors (Lipinski definition) is 4. The molecule has 0 atom stereocenters. The third-order valence-corrected chi connectivity index (χ3v) is 5.88. The molecular weight excluding hydrogens is 376 g/mol. The lowest BCUT2D eigenvalue weighted by atomic mass is 9.95. The van der Waals surface area contributed by atoms with E-state index < -0.39 is 0 Å². The zero-order chi connectivity index (χ0) is 20.5. The number of aromatic nitrogens is 2. The molecule has 0 spiro atoms. The molecule has 1 aliphatic heterocycles. The molecule has 1 aliphatic rings. The highest BCUT2D eigenvalue weighted by Gasteiger charge is 2.27. The summed E-state index contributed by atoms with van der Waals surface area (Å²) in [6.07, 6.45) is 3.67. The molecule has 0 saturated carbocycles. The van der Waals surface area contributed by atoms with E-state index >= 15 is 0 Å². The van der Waals surface area contributed by atoms with Crippen molar-refractivity contribution in [1.29, 1.82) is 0 Å². The van der Waals surface area contributed by atoms with E-state index in [4.69, 9.17) is 9.72 Å². The van der Waals surface area contributed by atoms with Crippen molar-refractivity contribution < 1.29 is 9.53 Å². The van der Waals surface area contributed by atoms with Crippen molar-refractivity contribution in [2.45, 2.75) is 12.8 Å². The Morgan fingerprint density at radius 3 is 2.57 bits per heavy atom. The predicted molar refractivity (Wildman–Crippen MR) is 119 cm³/mol. The number of nitrogens with one attached hydrogen (secondary N) is 1. The van der Waals surface area contributed by atoms with Gasteiger partial charge in [0.15, 0.2) is 5.82 Å². The molecule has 30 heavy (non-hydrogen) atoms. The van der Waals surface area contributed by atoms with Gasteiger partial charge in [0.2, 0.25) is 5.91 Å². The SMILES string of the molecule is COc1ccccc1NC(=O)C1CCN(c2nc3ccccc3n3cccc23)CC1. The lowest BCUT2D eigenvalue weighted by Crippen LogP contribution is -2.38. The molecule has 2 aromatic heterocycles. The largest absolute Gasteiger partial charge is 0.495 e. The van der Waals surface area contributed by atoms with Crippen LogP contribution in [0, 0.1) is 5.92 Å². The Balaban J connectivity index is 1.33. The van der Waals surface area contributed by atoms with Crippen LogP contribution >= 0.6 is 0 Å². The van der Waals surface area contributed by atoms with Gasteiger partial charge in [-0.3, -0.25) is 4.79 Å². The van der Waals surface area contributed by atoms with Crippen LogP contribution in [0.15, 0.2) is 66.9 Å². The number of piperidine rings is 1. The molecule has 5 rings (SSSR count). The topological polar surface area (TPSA) is 58.9 Å². The monoisotopic (exact) mass is 400 g/mol. The van der Waals surface area contributed by atoms with E-state index in [9.17, 15) is 4.79 Å². The van der Waals surface area contributed by atoms with Gasteiger partial charge in [-0.2, -0.15) is 0 Å². The predicted octanol–water partition coefficient (Wildman–Crippen LogP) is 4.35. The molecular formula is C24H24N4O2. The third kappa shape index (κ3) is 3.24. The molecule has 6 nitrogen and oxygen atoms in total. The third-order valence-electron chi connectivity index (χ3n) is 5.88. The van der Waals surface area contributed by atoms with Crippen LogP contribution in [0.1, 0.15) is 12.8 Å². The quantitative estimate of drug-likeness (QED) is 0.553. The van der Waals surface area contributed by atoms with E-state index in [1.807, 2.05) is 42.5 Å². The van der Waals surface area contributed by atoms with E-state index in [2.05, 4.69) is 39.0 Å². The van der Waals surface area contributed by atoms with Gasteiger partial charge < -0.3 is 19.4 Å². The molecule has 1 N–H and O–H groups in total. The van der Waals surface area contributed by atoms with E-state index in [0.29, 0.717) is 5.75 Å². The first kappa shape index (κ1) is 18.5. The smallest absolute Gasteiger partial charge is 0.227 e. The van der Waals surface area contributed by atoms with Crippen LogP contribution in [-0.2, 0) is 4.79 Å². The van der Waals surface area contributed by atoms with Crippen LogP contribution in [0.4, 0.5) is 11.5 Å². The minimum atomic E-state index is -0.0191. The average Bonchev–Trinajstić information content (AvgIpc) is 3.29. The van der Waals surface area contributed by atoms with Gasteiger partial charge in [0.05, 0.1) is 29.3 Å². The standard InChI is InChI=1S/C24H24N4O2/c1-30-22-11-5-3-8-19(22)26-24(29)17-12-15-27(16-13-17)23-21-10-6-14-28(21)20-9-4-2-7-18(20)25-23/h2-11,14,17H,12-13,15-16H2,1H3,(H,26,29). The first-order valence-electron chi connectivity index (χ1n) is 10.3. The van der Waals surface area contributed by atoms with Gasteiger partial charge in [0.25, 0.3) is 0 Å². The van der Waals surface area contributed by atoms with Crippen molar-refractivity contribution in [1.82, 2.24) is 9.38 Å². The van der Waals surface area contributed by atoms with Gasteiger partial charge in [0.1, 0.15) is 5.75 Å². The number of methoxy groups -OCH3 is 1. The van der Waals surface area contributed by atoms with Gasteiger partial charge in [-0.15, -0.1) is 0 Å². The lowest BCUT2D eigenvalue weighted by Gasteiger charge is -2.32. The second-order valence-corrected chi connectivity index (χ2v) is 7.64. The summed E-state index contributed by atoms with van der Waals surface area (Å²) in [5.41, 5.74) is 3.91. The number of hydrogen-bond donors (Lipinski definition) is 1. The second-order valence-electron chi connectivity index (χ2n) is 7.64. The molecule has 1 saturated heterocycles. The fraction of sp³-hybridized carbons (Fsp3) is 0.250. The molecule has 3 heterocycles. The van der Waals surface area contributed by atoms with Crippen LogP contribution in [0.3, 0.4) is 0 Å². The Morgan fingerprint density at radius 1 is 1.00 bits per heavy atom. The number of para-hydroxylation sites is 4. The van der Waals surface area contributed by atoms with Crippen molar-refractivity contribution in [3.8, 4) is 5.75 Å². The molecule has 152 valence electrons. The van der Waals surface area contributed by atoms with Crippen molar-refractivity contribution in [3.63, 3.8) is 0 Å². The van der Waals surface area contributed by atoms with E-state index in [1.54, 1.807) is 7.11 Å². The molecule has 0 bridgehead atoms. The maximum Gasteiger partial charge on any atom is 0.227 e. The van der Waals surface area contributed by atoms with Gasteiger partial charge in [-0.05, 0) is 49.2 Å². The summed E-state index contributed by atoms with van der Waals surface area (Å²) in [4.78, 5) is 20.1. The maximum atomic E-state index is 12.8. The van der Waals surface area contributed by atoms with Crippen LogP contribution in [0.2, 0.25) is 0 Å². The second kappa shape index (κ2) is 7.71. The van der Waals surface area contributed by atoms with Gasteiger partial charge in [-0.1, -0.05) is 24.3 Å². The highest BCUT2D eigenvalue weighted by atomic mass is 16.5. The number of carbonyl (C=O) groups is 1. The summed E-state index contributed by atoms with van der Waals surface area (Å²) < 4.78 is 7.54. The van der Waals surface area contributed by atoms with Crippen molar-refractivity contribution in [2.75, 3.05) is 30.4 Å². The van der Waals surface area contributed by atoms with Crippen LogP contribution in [-0.4, -0.2) is 35.5 Å². The Bertz CT molecular complexity index is 1210. The van der Waals surface area contributed by atoms with Crippen LogP contribution in [0.25, 0.3) is 16.6 Å². The van der Waals surface area contributed by atoms with Crippen molar-refractivity contribution in [2.24, 2.45) is 5.92 Å². The molecule has 0 unspecified atom stereocenters. The molecule has 0 aliphatic carbocycles. The number of carbonyl (C=O) groups excluding carboxylic acids is 1. The molecule has 4 aromatic rings. The van der Waals surface area contributed by atoms with Gasteiger partial charge in [0, 0.05) is 25.2 Å². The number of nitrogens with zero attached hydrogens (tertiary/aromatic N) is 3. The fourth-order valence-corrected chi connectivity index (χ4v) is 4.28. The Morgan fingerprint density at radius 2 is 1.73 bits per heavy atom. The van der Waals surface area contributed by atoms with Crippen molar-refractivity contribution >= 4 is 34.0 Å². The highest BCUT2D eigenvalue weighted by molar-refractivity contribution is 5.94. The summed E-state index contributed by atoms with van der Waals surface area (Å²) in [7, 11) is 1.61. The van der Waals surface area contributed by atoms with Gasteiger partial charge >= 0.3 is 0 Å². The normalized spacial score (nSPS) is 14.9. The molecule has 2 aromatic carbocycles. The molecule has 1 fully saturated rings. The summed E-state index contributed by atoms with van der Waals surface area (Å²) in [6, 6.07) is 19.9. The first-order chi connectivity index (χ1) is 14.7. The zero-order valence-corrected chi connectivity index (χ0v) is 16.9. The Hall–Kier alpha value is -3.54. The van der Waals surface area contributed by atoms with Crippen LogP contribution < -0.4 is 15.0 Å². The van der Waals surface area contributed by atoms with E-state index in [0.717, 1.165) is 54.0 Å².